The van der Waals surface area contributed by atoms with Crippen molar-refractivity contribution in [2.75, 3.05) is 24.6 Å². The normalized spacial score (nSPS) is 21.8. The summed E-state index contributed by atoms with van der Waals surface area (Å²) in [6, 6.07) is 0. The Labute approximate surface area is 161 Å². The van der Waals surface area contributed by atoms with Gasteiger partial charge in [-0.3, -0.25) is 28.5 Å². The monoisotopic (exact) mass is 439 g/mol. The van der Waals surface area contributed by atoms with Gasteiger partial charge in [0.25, 0.3) is 5.56 Å². The second-order valence-electron chi connectivity index (χ2n) is 6.04. The summed E-state index contributed by atoms with van der Waals surface area (Å²) in [5.41, 5.74) is -2.46. The van der Waals surface area contributed by atoms with Crippen molar-refractivity contribution in [3.8, 4) is 0 Å². The zero-order valence-corrected chi connectivity index (χ0v) is 15.5. The SMILES string of the molecule is O=C(O)CN(CC(=O)O)c1cn([C@H]2C[C@H](O)[C@@H](COP(=O)(O)O)O2)c(=O)[nH]c1=O. The number of aliphatic hydroxyl groups excluding tert-OH is 1. The molecule has 162 valence electrons. The molecule has 0 amide bonds. The number of phosphoric ester groups is 1. The van der Waals surface area contributed by atoms with Crippen LogP contribution in [0.5, 0.6) is 0 Å². The molecule has 1 fully saturated rings. The summed E-state index contributed by atoms with van der Waals surface area (Å²) in [4.78, 5) is 66.2. The van der Waals surface area contributed by atoms with Crippen LogP contribution in [0.25, 0.3) is 0 Å². The number of aromatic amines is 1. The number of hydrogen-bond donors (Lipinski definition) is 6. The zero-order chi connectivity index (χ0) is 21.9. The highest BCUT2D eigenvalue weighted by atomic mass is 31.2. The van der Waals surface area contributed by atoms with Crippen molar-refractivity contribution >= 4 is 25.4 Å². The molecule has 6 N–H and O–H groups in total. The molecule has 2 rings (SSSR count). The first-order valence-electron chi connectivity index (χ1n) is 7.95. The topological polar surface area (TPSA) is 229 Å². The first-order chi connectivity index (χ1) is 13.4. The molecule has 0 saturated carbocycles. The second-order valence-corrected chi connectivity index (χ2v) is 7.28. The lowest BCUT2D eigenvalue weighted by Gasteiger charge is -2.22. The number of aliphatic carboxylic acids is 2. The Balaban J connectivity index is 2.32. The standard InChI is InChI=1S/C13H18N3O12P/c17-7-1-9(28-8(7)5-27-29(24,25)26)16-2-6(12(22)14-13(16)23)15(3-10(18)19)4-11(20)21/h2,7-9,17H,1,3-5H2,(H,18,19)(H,20,21)(H,14,22,23)(H2,24,25,26)/t7-,8+,9+/m0/s1. The number of anilines is 1. The lowest BCUT2D eigenvalue weighted by molar-refractivity contribution is -0.136. The number of H-pyrrole nitrogens is 1. The van der Waals surface area contributed by atoms with Gasteiger partial charge >= 0.3 is 25.5 Å². The lowest BCUT2D eigenvalue weighted by atomic mass is 10.2. The van der Waals surface area contributed by atoms with E-state index in [4.69, 9.17) is 24.7 Å². The Morgan fingerprint density at radius 3 is 2.38 bits per heavy atom. The van der Waals surface area contributed by atoms with Crippen LogP contribution in [0.1, 0.15) is 12.6 Å². The Hall–Kier alpha value is -2.55. The van der Waals surface area contributed by atoms with Crippen LogP contribution < -0.4 is 16.1 Å². The minimum absolute atomic E-state index is 0.224. The highest BCUT2D eigenvalue weighted by Gasteiger charge is 2.37. The number of ether oxygens (including phenoxy) is 1. The van der Waals surface area contributed by atoms with Crippen molar-refractivity contribution < 1.29 is 48.5 Å². The van der Waals surface area contributed by atoms with Gasteiger partial charge in [0.15, 0.2) is 0 Å². The fourth-order valence-electron chi connectivity index (χ4n) is 2.67. The van der Waals surface area contributed by atoms with Crippen LogP contribution in [0, 0.1) is 0 Å². The van der Waals surface area contributed by atoms with Crippen LogP contribution >= 0.6 is 7.82 Å². The van der Waals surface area contributed by atoms with Crippen molar-refractivity contribution in [2.45, 2.75) is 24.9 Å². The summed E-state index contributed by atoms with van der Waals surface area (Å²) in [5, 5.41) is 27.8. The summed E-state index contributed by atoms with van der Waals surface area (Å²) >= 11 is 0. The molecular weight excluding hydrogens is 421 g/mol. The van der Waals surface area contributed by atoms with Gasteiger partial charge in [0, 0.05) is 12.6 Å². The molecule has 15 nitrogen and oxygen atoms in total. The highest BCUT2D eigenvalue weighted by Crippen LogP contribution is 2.38. The molecule has 1 aliphatic heterocycles. The summed E-state index contributed by atoms with van der Waals surface area (Å²) in [6.07, 6.45) is -3.02. The molecule has 2 heterocycles. The molecule has 1 saturated heterocycles. The molecule has 0 bridgehead atoms. The summed E-state index contributed by atoms with van der Waals surface area (Å²) < 4.78 is 21.2. The lowest BCUT2D eigenvalue weighted by Crippen LogP contribution is -2.41. The van der Waals surface area contributed by atoms with Crippen LogP contribution in [0.15, 0.2) is 15.8 Å². The van der Waals surface area contributed by atoms with Gasteiger partial charge in [-0.05, 0) is 0 Å². The first-order valence-corrected chi connectivity index (χ1v) is 9.48. The van der Waals surface area contributed by atoms with E-state index in [2.05, 4.69) is 4.52 Å². The van der Waals surface area contributed by atoms with E-state index >= 15 is 0 Å². The minimum Gasteiger partial charge on any atom is -0.480 e. The minimum atomic E-state index is -4.83. The van der Waals surface area contributed by atoms with Gasteiger partial charge in [-0.15, -0.1) is 0 Å². The average Bonchev–Trinajstić information content (AvgIpc) is 2.91. The largest absolute Gasteiger partial charge is 0.480 e. The molecule has 3 atom stereocenters. The van der Waals surface area contributed by atoms with Crippen molar-refractivity contribution in [3.05, 3.63) is 27.0 Å². The number of phosphoric acid groups is 1. The van der Waals surface area contributed by atoms with Crippen molar-refractivity contribution in [1.82, 2.24) is 9.55 Å². The first kappa shape index (κ1) is 22.7. The van der Waals surface area contributed by atoms with E-state index in [0.717, 1.165) is 10.8 Å². The van der Waals surface area contributed by atoms with E-state index in [1.54, 1.807) is 0 Å². The maximum Gasteiger partial charge on any atom is 0.469 e. The molecule has 1 aromatic heterocycles. The number of aliphatic hydroxyl groups is 1. The second kappa shape index (κ2) is 8.86. The third kappa shape index (κ3) is 6.22. The van der Waals surface area contributed by atoms with Gasteiger partial charge in [-0.2, -0.15) is 0 Å². The van der Waals surface area contributed by atoms with E-state index in [1.165, 1.54) is 0 Å². The smallest absolute Gasteiger partial charge is 0.469 e. The molecule has 0 aromatic carbocycles. The maximum atomic E-state index is 12.1. The molecular formula is C13H18N3O12P. The van der Waals surface area contributed by atoms with Gasteiger partial charge in [0.05, 0.1) is 12.7 Å². The Kier molecular flexibility index (Phi) is 6.94. The van der Waals surface area contributed by atoms with Crippen LogP contribution in [-0.2, 0) is 23.4 Å². The molecule has 29 heavy (non-hydrogen) atoms. The van der Waals surface area contributed by atoms with Crippen LogP contribution in [0.3, 0.4) is 0 Å². The third-order valence-corrected chi connectivity index (χ3v) is 4.35. The van der Waals surface area contributed by atoms with Crippen LogP contribution in [-0.4, -0.2) is 78.5 Å². The summed E-state index contributed by atoms with van der Waals surface area (Å²) in [7, 11) is -4.83. The van der Waals surface area contributed by atoms with Gasteiger partial charge < -0.3 is 34.7 Å². The zero-order valence-electron chi connectivity index (χ0n) is 14.6. The number of nitrogens with zero attached hydrogens (tertiary/aromatic N) is 2. The highest BCUT2D eigenvalue weighted by molar-refractivity contribution is 7.46. The predicted molar refractivity (Wildman–Crippen MR) is 91.3 cm³/mol. The molecule has 1 aromatic rings. The van der Waals surface area contributed by atoms with E-state index in [1.807, 2.05) is 4.98 Å². The van der Waals surface area contributed by atoms with Gasteiger partial charge in [-0.25, -0.2) is 9.36 Å². The molecule has 0 unspecified atom stereocenters. The fraction of sp³-hybridized carbons (Fsp3) is 0.538. The number of carbonyl (C=O) groups is 2. The number of carboxylic acids is 2. The van der Waals surface area contributed by atoms with Crippen molar-refractivity contribution in [3.63, 3.8) is 0 Å². The number of rotatable bonds is 9. The molecule has 0 aliphatic carbocycles. The summed E-state index contributed by atoms with van der Waals surface area (Å²) in [6.45, 7) is -2.38. The predicted octanol–water partition coefficient (Wildman–Crippen LogP) is -2.73. The fourth-order valence-corrected chi connectivity index (χ4v) is 3.01. The van der Waals surface area contributed by atoms with Crippen LogP contribution in [0.2, 0.25) is 0 Å². The van der Waals surface area contributed by atoms with Gasteiger partial charge in [0.1, 0.15) is 31.1 Å². The molecule has 0 spiro atoms. The maximum absolute atomic E-state index is 12.1. The van der Waals surface area contributed by atoms with E-state index in [0.29, 0.717) is 4.90 Å². The molecule has 0 radical (unpaired) electrons. The van der Waals surface area contributed by atoms with E-state index < -0.39 is 74.8 Å². The van der Waals surface area contributed by atoms with Crippen molar-refractivity contribution in [2.24, 2.45) is 0 Å². The van der Waals surface area contributed by atoms with Crippen LogP contribution in [0.4, 0.5) is 5.69 Å². The van der Waals surface area contributed by atoms with Gasteiger partial charge in [0.2, 0.25) is 0 Å². The quantitative estimate of drug-likeness (QED) is 0.215. The Bertz CT molecular complexity index is 920. The number of nitrogens with one attached hydrogen (secondary N) is 1. The van der Waals surface area contributed by atoms with E-state index in [-0.39, 0.29) is 6.42 Å². The molecule has 1 aliphatic rings. The molecule has 16 heteroatoms. The average molecular weight is 439 g/mol. The summed E-state index contributed by atoms with van der Waals surface area (Å²) in [5.74, 6) is -2.85. The number of hydrogen-bond acceptors (Lipinski definition) is 9. The Morgan fingerprint density at radius 1 is 1.28 bits per heavy atom. The van der Waals surface area contributed by atoms with E-state index in [9.17, 15) is 28.8 Å². The van der Waals surface area contributed by atoms with Gasteiger partial charge in [-0.1, -0.05) is 0 Å². The number of aromatic nitrogens is 2. The van der Waals surface area contributed by atoms with Crippen molar-refractivity contribution in [1.29, 1.82) is 0 Å². The Morgan fingerprint density at radius 2 is 1.86 bits per heavy atom. The third-order valence-electron chi connectivity index (χ3n) is 3.86. The number of carboxylic acid groups (broad SMARTS) is 2.